The lowest BCUT2D eigenvalue weighted by molar-refractivity contribution is 0.0726. The highest BCUT2D eigenvalue weighted by Gasteiger charge is 2.22. The average Bonchev–Trinajstić information content (AvgIpc) is 3.09. The minimum absolute atomic E-state index is 0.0489. The van der Waals surface area contributed by atoms with Crippen molar-refractivity contribution in [2.75, 3.05) is 13.1 Å². The van der Waals surface area contributed by atoms with Crippen molar-refractivity contribution in [1.29, 1.82) is 0 Å². The van der Waals surface area contributed by atoms with E-state index < -0.39 is 5.82 Å². The van der Waals surface area contributed by atoms with Crippen LogP contribution in [-0.4, -0.2) is 39.2 Å². The Morgan fingerprint density at radius 3 is 2.72 bits per heavy atom. The number of hydrogen-bond acceptors (Lipinski definition) is 3. The van der Waals surface area contributed by atoms with E-state index in [1.807, 2.05) is 4.90 Å². The van der Waals surface area contributed by atoms with E-state index in [0.717, 1.165) is 43.8 Å². The summed E-state index contributed by atoms with van der Waals surface area (Å²) >= 11 is 0. The maximum absolute atomic E-state index is 14.3. The van der Waals surface area contributed by atoms with Crippen molar-refractivity contribution in [3.8, 4) is 16.9 Å². The Morgan fingerprint density at radius 1 is 1.16 bits per heavy atom. The number of H-pyrrole nitrogens is 1. The fraction of sp³-hybridized carbons (Fsp3) is 0.263. The quantitative estimate of drug-likeness (QED) is 0.748. The highest BCUT2D eigenvalue weighted by Crippen LogP contribution is 2.31. The summed E-state index contributed by atoms with van der Waals surface area (Å²) in [6.45, 7) is 1.49. The van der Waals surface area contributed by atoms with Crippen molar-refractivity contribution in [3.05, 3.63) is 47.9 Å². The van der Waals surface area contributed by atoms with Crippen molar-refractivity contribution >= 4 is 16.8 Å². The van der Waals surface area contributed by atoms with Crippen molar-refractivity contribution < 1.29 is 14.3 Å². The molecule has 0 radical (unpaired) electrons. The number of amides is 1. The number of aromatic amines is 1. The molecule has 4 rings (SSSR count). The van der Waals surface area contributed by atoms with Gasteiger partial charge in [-0.15, -0.1) is 0 Å². The third-order valence-corrected chi connectivity index (χ3v) is 4.70. The lowest BCUT2D eigenvalue weighted by atomic mass is 9.98. The zero-order valence-corrected chi connectivity index (χ0v) is 13.6. The molecule has 25 heavy (non-hydrogen) atoms. The fourth-order valence-corrected chi connectivity index (χ4v) is 3.39. The average molecular weight is 339 g/mol. The van der Waals surface area contributed by atoms with Crippen molar-refractivity contribution in [2.45, 2.75) is 19.3 Å². The zero-order valence-electron chi connectivity index (χ0n) is 13.6. The second-order valence-corrected chi connectivity index (χ2v) is 6.37. The van der Waals surface area contributed by atoms with Gasteiger partial charge in [0.25, 0.3) is 5.91 Å². The molecule has 0 saturated carbocycles. The number of rotatable bonds is 2. The molecule has 2 heterocycles. The molecule has 1 fully saturated rings. The number of benzene rings is 2. The first-order valence-electron chi connectivity index (χ1n) is 8.39. The molecular formula is C19H18FN3O2. The summed E-state index contributed by atoms with van der Waals surface area (Å²) in [5.41, 5.74) is 2.12. The van der Waals surface area contributed by atoms with Crippen LogP contribution in [0.5, 0.6) is 5.75 Å². The Bertz CT molecular complexity index is 945. The molecule has 2 aromatic carbocycles. The van der Waals surface area contributed by atoms with Crippen LogP contribution in [0.15, 0.2) is 36.5 Å². The van der Waals surface area contributed by atoms with Crippen LogP contribution in [0.1, 0.15) is 29.6 Å². The Labute approximate surface area is 144 Å². The van der Waals surface area contributed by atoms with Gasteiger partial charge < -0.3 is 10.0 Å². The maximum Gasteiger partial charge on any atom is 0.254 e. The topological polar surface area (TPSA) is 69.2 Å². The Balaban J connectivity index is 1.83. The number of fused-ring (bicyclic) bond motifs is 1. The summed E-state index contributed by atoms with van der Waals surface area (Å²) in [5, 5.41) is 17.1. The van der Waals surface area contributed by atoms with Crippen LogP contribution in [0.2, 0.25) is 0 Å². The van der Waals surface area contributed by atoms with E-state index in [9.17, 15) is 14.3 Å². The predicted molar refractivity (Wildman–Crippen MR) is 92.9 cm³/mol. The number of likely N-dealkylation sites (tertiary alicyclic amines) is 1. The van der Waals surface area contributed by atoms with Gasteiger partial charge in [0.15, 0.2) is 0 Å². The van der Waals surface area contributed by atoms with Crippen LogP contribution in [0.4, 0.5) is 4.39 Å². The van der Waals surface area contributed by atoms with Gasteiger partial charge in [-0.25, -0.2) is 4.39 Å². The van der Waals surface area contributed by atoms with Crippen LogP contribution >= 0.6 is 0 Å². The van der Waals surface area contributed by atoms with Gasteiger partial charge in [-0.1, -0.05) is 0 Å². The van der Waals surface area contributed by atoms with Crippen LogP contribution in [0.3, 0.4) is 0 Å². The minimum atomic E-state index is -0.532. The number of nitrogens with zero attached hydrogens (tertiary/aromatic N) is 2. The Hall–Kier alpha value is -2.89. The summed E-state index contributed by atoms with van der Waals surface area (Å²) in [6, 6.07) is 7.49. The highest BCUT2D eigenvalue weighted by atomic mass is 19.1. The third kappa shape index (κ3) is 2.84. The summed E-state index contributed by atoms with van der Waals surface area (Å²) in [6.07, 6.45) is 4.78. The SMILES string of the molecule is O=C(c1cc(-c2ccc(O)cc2F)cc2[nH]ncc12)N1CCCCC1. The summed E-state index contributed by atoms with van der Waals surface area (Å²) < 4.78 is 14.3. The van der Waals surface area contributed by atoms with Crippen LogP contribution < -0.4 is 0 Å². The molecule has 1 aliphatic heterocycles. The van der Waals surface area contributed by atoms with Gasteiger partial charge in [0.1, 0.15) is 11.6 Å². The Morgan fingerprint density at radius 2 is 1.96 bits per heavy atom. The molecule has 0 unspecified atom stereocenters. The van der Waals surface area contributed by atoms with Crippen LogP contribution in [0, 0.1) is 5.82 Å². The second kappa shape index (κ2) is 6.20. The molecule has 0 atom stereocenters. The zero-order chi connectivity index (χ0) is 17.4. The van der Waals surface area contributed by atoms with E-state index in [2.05, 4.69) is 10.2 Å². The van der Waals surface area contributed by atoms with E-state index in [1.54, 1.807) is 18.3 Å². The number of nitrogens with one attached hydrogen (secondary N) is 1. The fourth-order valence-electron chi connectivity index (χ4n) is 3.39. The van der Waals surface area contributed by atoms with Crippen molar-refractivity contribution in [3.63, 3.8) is 0 Å². The van der Waals surface area contributed by atoms with E-state index in [1.165, 1.54) is 12.1 Å². The van der Waals surface area contributed by atoms with Gasteiger partial charge in [0, 0.05) is 30.1 Å². The molecule has 1 aliphatic rings. The molecule has 2 N–H and O–H groups in total. The molecule has 0 aliphatic carbocycles. The molecule has 5 nitrogen and oxygen atoms in total. The first kappa shape index (κ1) is 15.6. The molecule has 0 bridgehead atoms. The molecule has 3 aromatic rings. The van der Waals surface area contributed by atoms with E-state index >= 15 is 0 Å². The van der Waals surface area contributed by atoms with Gasteiger partial charge in [-0.05, 0) is 49.1 Å². The number of hydrogen-bond donors (Lipinski definition) is 2. The van der Waals surface area contributed by atoms with Gasteiger partial charge >= 0.3 is 0 Å². The number of phenols is 1. The lowest BCUT2D eigenvalue weighted by Gasteiger charge is -2.27. The molecular weight excluding hydrogens is 321 g/mol. The second-order valence-electron chi connectivity index (χ2n) is 6.37. The van der Waals surface area contributed by atoms with Gasteiger partial charge in [-0.3, -0.25) is 9.89 Å². The predicted octanol–water partition coefficient (Wildman–Crippen LogP) is 3.70. The summed E-state index contributed by atoms with van der Waals surface area (Å²) in [4.78, 5) is 14.8. The monoisotopic (exact) mass is 339 g/mol. The minimum Gasteiger partial charge on any atom is -0.508 e. The van der Waals surface area contributed by atoms with Crippen molar-refractivity contribution in [1.82, 2.24) is 15.1 Å². The molecule has 0 spiro atoms. The van der Waals surface area contributed by atoms with E-state index in [4.69, 9.17) is 0 Å². The van der Waals surface area contributed by atoms with Gasteiger partial charge in [0.05, 0.1) is 17.3 Å². The number of halogens is 1. The van der Waals surface area contributed by atoms with E-state index in [0.29, 0.717) is 22.2 Å². The first-order valence-corrected chi connectivity index (χ1v) is 8.39. The van der Waals surface area contributed by atoms with Crippen molar-refractivity contribution in [2.24, 2.45) is 0 Å². The van der Waals surface area contributed by atoms with Gasteiger partial charge in [0.2, 0.25) is 0 Å². The normalized spacial score (nSPS) is 14.8. The Kier molecular flexibility index (Phi) is 3.87. The van der Waals surface area contributed by atoms with Gasteiger partial charge in [-0.2, -0.15) is 5.10 Å². The maximum atomic E-state index is 14.3. The molecule has 1 saturated heterocycles. The number of carbonyl (C=O) groups excluding carboxylic acids is 1. The third-order valence-electron chi connectivity index (χ3n) is 4.70. The highest BCUT2D eigenvalue weighted by molar-refractivity contribution is 6.07. The first-order chi connectivity index (χ1) is 12.1. The number of carbonyl (C=O) groups is 1. The number of aromatic hydroxyl groups is 1. The summed E-state index contributed by atoms with van der Waals surface area (Å²) in [5.74, 6) is -0.712. The molecule has 128 valence electrons. The number of phenolic OH excluding ortho intramolecular Hbond substituents is 1. The number of piperidine rings is 1. The lowest BCUT2D eigenvalue weighted by Crippen LogP contribution is -2.35. The number of aromatic nitrogens is 2. The smallest absolute Gasteiger partial charge is 0.254 e. The largest absolute Gasteiger partial charge is 0.508 e. The van der Waals surface area contributed by atoms with E-state index in [-0.39, 0.29) is 11.7 Å². The standard InChI is InChI=1S/C19H18FN3O2/c20-17-10-13(24)4-5-14(17)12-8-15(16-11-21-22-18(16)9-12)19(25)23-6-2-1-3-7-23/h4-5,8-11,24H,1-3,6-7H2,(H,21,22). The summed E-state index contributed by atoms with van der Waals surface area (Å²) in [7, 11) is 0. The van der Waals surface area contributed by atoms with Crippen LogP contribution in [0.25, 0.3) is 22.0 Å². The van der Waals surface area contributed by atoms with Crippen LogP contribution in [-0.2, 0) is 0 Å². The molecule has 6 heteroatoms. The molecule has 1 aromatic heterocycles. The molecule has 1 amide bonds.